The zero-order valence-corrected chi connectivity index (χ0v) is 13.0. The Morgan fingerprint density at radius 1 is 1.09 bits per heavy atom. The van der Waals surface area contributed by atoms with Gasteiger partial charge in [-0.05, 0) is 53.9 Å². The molecule has 2 aromatic carbocycles. The number of nitrogens with one attached hydrogen (secondary N) is 2. The molecule has 2 aromatic rings. The van der Waals surface area contributed by atoms with Gasteiger partial charge in [0, 0.05) is 24.3 Å². The molecule has 4 heteroatoms. The van der Waals surface area contributed by atoms with Crippen LogP contribution in [0, 0.1) is 0 Å². The molecule has 4 N–H and O–H groups in total. The van der Waals surface area contributed by atoms with Crippen molar-refractivity contribution in [3.05, 3.63) is 71.3 Å². The summed E-state index contributed by atoms with van der Waals surface area (Å²) in [5, 5.41) is 6.19. The maximum absolute atomic E-state index is 12.3. The zero-order chi connectivity index (χ0) is 16.1. The fourth-order valence-electron chi connectivity index (χ4n) is 2.65. The lowest BCUT2D eigenvalue weighted by molar-refractivity contribution is 0.102. The molecule has 0 saturated carbocycles. The maximum Gasteiger partial charge on any atom is 0.255 e. The summed E-state index contributed by atoms with van der Waals surface area (Å²) in [6.45, 7) is 2.43. The molecule has 0 radical (unpaired) electrons. The minimum absolute atomic E-state index is 0.0957. The smallest absolute Gasteiger partial charge is 0.255 e. The lowest BCUT2D eigenvalue weighted by Gasteiger charge is -2.08. The van der Waals surface area contributed by atoms with Gasteiger partial charge in [-0.2, -0.15) is 0 Å². The first-order valence-corrected chi connectivity index (χ1v) is 7.87. The van der Waals surface area contributed by atoms with Gasteiger partial charge in [-0.1, -0.05) is 30.3 Å². The van der Waals surface area contributed by atoms with Gasteiger partial charge in [0.25, 0.3) is 5.91 Å². The first-order chi connectivity index (χ1) is 11.3. The molecule has 0 fully saturated rings. The van der Waals surface area contributed by atoms with Crippen molar-refractivity contribution >= 4 is 17.2 Å². The average molecular weight is 307 g/mol. The van der Waals surface area contributed by atoms with E-state index in [4.69, 9.17) is 5.73 Å². The van der Waals surface area contributed by atoms with E-state index in [1.165, 1.54) is 11.1 Å². The van der Waals surface area contributed by atoms with Gasteiger partial charge in [0.2, 0.25) is 0 Å². The molecule has 0 aliphatic carbocycles. The van der Waals surface area contributed by atoms with Gasteiger partial charge in [0.15, 0.2) is 0 Å². The second-order valence-electron chi connectivity index (χ2n) is 5.63. The molecule has 0 saturated heterocycles. The van der Waals surface area contributed by atoms with Crippen molar-refractivity contribution in [1.29, 1.82) is 0 Å². The monoisotopic (exact) mass is 307 g/mol. The Hall–Kier alpha value is -2.43. The van der Waals surface area contributed by atoms with E-state index in [1.54, 1.807) is 0 Å². The minimum atomic E-state index is -0.0957. The van der Waals surface area contributed by atoms with Crippen LogP contribution in [0.4, 0.5) is 5.69 Å². The topological polar surface area (TPSA) is 67.1 Å². The SMILES string of the molecule is NCCc1ccc(NC(=O)c2ccc(C3=CCNC3)cc2)cc1. The van der Waals surface area contributed by atoms with Gasteiger partial charge in [0.1, 0.15) is 0 Å². The van der Waals surface area contributed by atoms with E-state index >= 15 is 0 Å². The minimum Gasteiger partial charge on any atom is -0.330 e. The van der Waals surface area contributed by atoms with E-state index in [1.807, 2.05) is 48.5 Å². The third-order valence-corrected chi connectivity index (χ3v) is 3.97. The van der Waals surface area contributed by atoms with Crippen LogP contribution in [0.2, 0.25) is 0 Å². The number of nitrogens with two attached hydrogens (primary N) is 1. The number of benzene rings is 2. The Labute approximate surface area is 136 Å². The molecule has 23 heavy (non-hydrogen) atoms. The third kappa shape index (κ3) is 3.86. The molecule has 0 atom stereocenters. The summed E-state index contributed by atoms with van der Waals surface area (Å²) in [5.41, 5.74) is 10.6. The molecule has 1 aliphatic heterocycles. The van der Waals surface area contributed by atoms with Crippen LogP contribution >= 0.6 is 0 Å². The van der Waals surface area contributed by atoms with Gasteiger partial charge in [-0.3, -0.25) is 4.79 Å². The summed E-state index contributed by atoms with van der Waals surface area (Å²) >= 11 is 0. The first kappa shape index (κ1) is 15.5. The third-order valence-electron chi connectivity index (χ3n) is 3.97. The first-order valence-electron chi connectivity index (χ1n) is 7.87. The molecule has 0 bridgehead atoms. The van der Waals surface area contributed by atoms with Crippen LogP contribution < -0.4 is 16.4 Å². The molecule has 1 heterocycles. The number of anilines is 1. The molecule has 1 aliphatic rings. The summed E-state index contributed by atoms with van der Waals surface area (Å²) in [6, 6.07) is 15.5. The van der Waals surface area contributed by atoms with Gasteiger partial charge in [-0.25, -0.2) is 0 Å². The van der Waals surface area contributed by atoms with Crippen molar-refractivity contribution in [2.45, 2.75) is 6.42 Å². The van der Waals surface area contributed by atoms with Crippen LogP contribution in [0.5, 0.6) is 0 Å². The highest BCUT2D eigenvalue weighted by molar-refractivity contribution is 6.04. The number of amides is 1. The van der Waals surface area contributed by atoms with Crippen LogP contribution in [-0.4, -0.2) is 25.5 Å². The summed E-state index contributed by atoms with van der Waals surface area (Å²) in [7, 11) is 0. The van der Waals surface area contributed by atoms with Crippen molar-refractivity contribution in [1.82, 2.24) is 5.32 Å². The summed E-state index contributed by atoms with van der Waals surface area (Å²) in [6.07, 6.45) is 3.03. The highest BCUT2D eigenvalue weighted by atomic mass is 16.1. The van der Waals surface area contributed by atoms with Crippen LogP contribution in [0.3, 0.4) is 0 Å². The largest absolute Gasteiger partial charge is 0.330 e. The van der Waals surface area contributed by atoms with Crippen molar-refractivity contribution in [3.8, 4) is 0 Å². The summed E-state index contributed by atoms with van der Waals surface area (Å²) in [4.78, 5) is 12.3. The molecule has 0 aromatic heterocycles. The van der Waals surface area contributed by atoms with Gasteiger partial charge >= 0.3 is 0 Å². The highest BCUT2D eigenvalue weighted by Gasteiger charge is 2.09. The van der Waals surface area contributed by atoms with E-state index in [0.29, 0.717) is 12.1 Å². The van der Waals surface area contributed by atoms with Crippen LogP contribution in [0.1, 0.15) is 21.5 Å². The fourth-order valence-corrected chi connectivity index (χ4v) is 2.65. The molecular weight excluding hydrogens is 286 g/mol. The quantitative estimate of drug-likeness (QED) is 0.795. The number of rotatable bonds is 5. The molecule has 0 spiro atoms. The average Bonchev–Trinajstić information content (AvgIpc) is 3.11. The standard InChI is InChI=1S/C19H21N3O/c20-11-9-14-1-7-18(8-2-14)22-19(23)16-5-3-15(4-6-16)17-10-12-21-13-17/h1-8,10,21H,9,11-13,20H2,(H,22,23). The molecule has 0 unspecified atom stereocenters. The normalized spacial score (nSPS) is 13.7. The lowest BCUT2D eigenvalue weighted by atomic mass is 10.0. The van der Waals surface area contributed by atoms with E-state index in [2.05, 4.69) is 16.7 Å². The van der Waals surface area contributed by atoms with E-state index in [-0.39, 0.29) is 5.91 Å². The van der Waals surface area contributed by atoms with E-state index < -0.39 is 0 Å². The number of carbonyl (C=O) groups is 1. The number of hydrogen-bond donors (Lipinski definition) is 3. The second-order valence-corrected chi connectivity index (χ2v) is 5.63. The van der Waals surface area contributed by atoms with Crippen molar-refractivity contribution in [2.24, 2.45) is 5.73 Å². The highest BCUT2D eigenvalue weighted by Crippen LogP contribution is 2.18. The van der Waals surface area contributed by atoms with Gasteiger partial charge in [-0.15, -0.1) is 0 Å². The molecular formula is C19H21N3O. The van der Waals surface area contributed by atoms with Crippen LogP contribution in [0.25, 0.3) is 5.57 Å². The van der Waals surface area contributed by atoms with Crippen LogP contribution in [0.15, 0.2) is 54.6 Å². The summed E-state index contributed by atoms with van der Waals surface area (Å²) in [5.74, 6) is -0.0957. The molecule has 4 nitrogen and oxygen atoms in total. The Morgan fingerprint density at radius 3 is 2.43 bits per heavy atom. The lowest BCUT2D eigenvalue weighted by Crippen LogP contribution is -2.12. The van der Waals surface area contributed by atoms with Crippen LogP contribution in [-0.2, 0) is 6.42 Å². The predicted octanol–water partition coefficient (Wildman–Crippen LogP) is 2.43. The Bertz CT molecular complexity index is 702. The van der Waals surface area contributed by atoms with Crippen molar-refractivity contribution < 1.29 is 4.79 Å². The van der Waals surface area contributed by atoms with E-state index in [9.17, 15) is 4.79 Å². The number of carbonyl (C=O) groups excluding carboxylic acids is 1. The predicted molar refractivity (Wildman–Crippen MR) is 94.4 cm³/mol. The maximum atomic E-state index is 12.3. The van der Waals surface area contributed by atoms with E-state index in [0.717, 1.165) is 30.8 Å². The Balaban J connectivity index is 1.65. The van der Waals surface area contributed by atoms with Gasteiger partial charge in [0.05, 0.1) is 0 Å². The Morgan fingerprint density at radius 2 is 1.83 bits per heavy atom. The molecule has 3 rings (SSSR count). The Kier molecular flexibility index (Phi) is 4.86. The van der Waals surface area contributed by atoms with Crippen molar-refractivity contribution in [3.63, 3.8) is 0 Å². The van der Waals surface area contributed by atoms with Gasteiger partial charge < -0.3 is 16.4 Å². The summed E-state index contributed by atoms with van der Waals surface area (Å²) < 4.78 is 0. The zero-order valence-electron chi connectivity index (χ0n) is 13.0. The molecule has 118 valence electrons. The number of hydrogen-bond acceptors (Lipinski definition) is 3. The van der Waals surface area contributed by atoms with Crippen molar-refractivity contribution in [2.75, 3.05) is 25.0 Å². The fraction of sp³-hybridized carbons (Fsp3) is 0.211. The second kappa shape index (κ2) is 7.22. The molecule has 1 amide bonds.